The van der Waals surface area contributed by atoms with E-state index >= 15 is 0 Å². The zero-order valence-corrected chi connectivity index (χ0v) is 16.1. The number of rotatable bonds is 4. The van der Waals surface area contributed by atoms with E-state index in [9.17, 15) is 9.59 Å². The first kappa shape index (κ1) is 18.1. The minimum Gasteiger partial charge on any atom is -0.352 e. The second-order valence-electron chi connectivity index (χ2n) is 7.07. The number of hydrogen-bond acceptors (Lipinski definition) is 4. The van der Waals surface area contributed by atoms with Crippen molar-refractivity contribution in [1.82, 2.24) is 15.5 Å². The third-order valence-electron chi connectivity index (χ3n) is 4.06. The van der Waals surface area contributed by atoms with Gasteiger partial charge in [0.15, 0.2) is 0 Å². The molecule has 3 aromatic rings. The summed E-state index contributed by atoms with van der Waals surface area (Å²) in [6.07, 6.45) is 0. The smallest absolute Gasteiger partial charge is 0.261 e. The van der Waals surface area contributed by atoms with Gasteiger partial charge in [-0.15, -0.1) is 11.3 Å². The van der Waals surface area contributed by atoms with Crippen LogP contribution in [0.1, 0.15) is 53.3 Å². The highest BCUT2D eigenvalue weighted by atomic mass is 32.1. The monoisotopic (exact) mass is 370 g/mol. The van der Waals surface area contributed by atoms with E-state index in [1.165, 1.54) is 16.9 Å². The summed E-state index contributed by atoms with van der Waals surface area (Å²) in [6, 6.07) is 9.31. The van der Waals surface area contributed by atoms with Crippen LogP contribution in [-0.2, 0) is 5.41 Å². The van der Waals surface area contributed by atoms with E-state index < -0.39 is 0 Å². The van der Waals surface area contributed by atoms with Crippen LogP contribution in [0.2, 0.25) is 0 Å². The lowest BCUT2D eigenvalue weighted by Gasteiger charge is -2.19. The number of aromatic amines is 1. The molecule has 0 saturated heterocycles. The number of fused-ring (bicyclic) bond motifs is 1. The van der Waals surface area contributed by atoms with Gasteiger partial charge in [-0.2, -0.15) is 5.10 Å². The van der Waals surface area contributed by atoms with Crippen LogP contribution >= 0.6 is 11.3 Å². The van der Waals surface area contributed by atoms with Gasteiger partial charge in [-0.3, -0.25) is 14.7 Å². The van der Waals surface area contributed by atoms with E-state index in [1.54, 1.807) is 6.07 Å². The lowest BCUT2D eigenvalue weighted by Crippen LogP contribution is -2.21. The normalized spacial score (nSPS) is 11.5. The summed E-state index contributed by atoms with van der Waals surface area (Å²) in [5.74, 6) is 0.143. The fourth-order valence-electron chi connectivity index (χ4n) is 2.57. The van der Waals surface area contributed by atoms with Crippen LogP contribution in [0.3, 0.4) is 0 Å². The molecule has 0 spiro atoms. The molecule has 0 saturated carbocycles. The third kappa shape index (κ3) is 3.62. The third-order valence-corrected chi connectivity index (χ3v) is 5.09. The molecule has 0 bridgehead atoms. The summed E-state index contributed by atoms with van der Waals surface area (Å²) in [6.45, 7) is 8.83. The average Bonchev–Trinajstić information content (AvgIpc) is 3.16. The zero-order valence-electron chi connectivity index (χ0n) is 15.3. The Kier molecular flexibility index (Phi) is 4.82. The van der Waals surface area contributed by atoms with Crippen LogP contribution in [0, 0.1) is 0 Å². The molecule has 0 unspecified atom stereocenters. The number of anilines is 1. The molecule has 26 heavy (non-hydrogen) atoms. The largest absolute Gasteiger partial charge is 0.352 e. The van der Waals surface area contributed by atoms with Crippen LogP contribution in [0.4, 0.5) is 5.82 Å². The number of carbonyl (C=O) groups excluding carboxylic acids is 2. The predicted molar refractivity (Wildman–Crippen MR) is 105 cm³/mol. The van der Waals surface area contributed by atoms with Gasteiger partial charge in [0.1, 0.15) is 10.6 Å². The van der Waals surface area contributed by atoms with Crippen LogP contribution in [-0.4, -0.2) is 28.6 Å². The second-order valence-corrected chi connectivity index (χ2v) is 8.10. The van der Waals surface area contributed by atoms with Gasteiger partial charge < -0.3 is 10.6 Å². The molecular weight excluding hydrogens is 348 g/mol. The number of aromatic nitrogens is 2. The maximum atomic E-state index is 12.5. The van der Waals surface area contributed by atoms with E-state index in [4.69, 9.17) is 0 Å². The van der Waals surface area contributed by atoms with E-state index in [-0.39, 0.29) is 17.2 Å². The minimum atomic E-state index is -0.221. The molecular formula is C19H22N4O2S. The Morgan fingerprint density at radius 3 is 2.46 bits per heavy atom. The molecule has 3 rings (SSSR count). The summed E-state index contributed by atoms with van der Waals surface area (Å²) in [5, 5.41) is 13.3. The Morgan fingerprint density at radius 1 is 1.15 bits per heavy atom. The SMILES string of the molecule is CCNC(=O)c1cc2c(NC(=O)c3ccc(C(C)(C)C)cc3)[nH]nc2s1. The highest BCUT2D eigenvalue weighted by Crippen LogP contribution is 2.29. The van der Waals surface area contributed by atoms with Crippen molar-refractivity contribution >= 4 is 39.2 Å². The maximum Gasteiger partial charge on any atom is 0.261 e. The van der Waals surface area contributed by atoms with Crippen molar-refractivity contribution in [3.8, 4) is 0 Å². The Bertz CT molecular complexity index is 948. The van der Waals surface area contributed by atoms with Crippen molar-refractivity contribution in [2.45, 2.75) is 33.1 Å². The second kappa shape index (κ2) is 6.92. The van der Waals surface area contributed by atoms with E-state index in [0.717, 1.165) is 5.39 Å². The van der Waals surface area contributed by atoms with Crippen molar-refractivity contribution in [1.29, 1.82) is 0 Å². The molecule has 0 atom stereocenters. The van der Waals surface area contributed by atoms with Crippen molar-refractivity contribution in [3.63, 3.8) is 0 Å². The topological polar surface area (TPSA) is 86.9 Å². The fourth-order valence-corrected chi connectivity index (χ4v) is 3.48. The summed E-state index contributed by atoms with van der Waals surface area (Å²) >= 11 is 1.29. The summed E-state index contributed by atoms with van der Waals surface area (Å²) < 4.78 is 0. The highest BCUT2D eigenvalue weighted by molar-refractivity contribution is 7.20. The van der Waals surface area contributed by atoms with Crippen LogP contribution in [0.25, 0.3) is 10.2 Å². The molecule has 2 aromatic heterocycles. The van der Waals surface area contributed by atoms with Gasteiger partial charge >= 0.3 is 0 Å². The van der Waals surface area contributed by atoms with Gasteiger partial charge in [0.25, 0.3) is 11.8 Å². The molecule has 2 heterocycles. The number of H-pyrrole nitrogens is 1. The average molecular weight is 370 g/mol. The lowest BCUT2D eigenvalue weighted by molar-refractivity contribution is 0.0959. The molecule has 0 radical (unpaired) electrons. The summed E-state index contributed by atoms with van der Waals surface area (Å²) in [7, 11) is 0. The number of carbonyl (C=O) groups is 2. The molecule has 6 nitrogen and oxygen atoms in total. The van der Waals surface area contributed by atoms with Crippen LogP contribution < -0.4 is 10.6 Å². The van der Waals surface area contributed by atoms with Crippen molar-refractivity contribution in [3.05, 3.63) is 46.3 Å². The first-order valence-electron chi connectivity index (χ1n) is 8.47. The molecule has 0 fully saturated rings. The summed E-state index contributed by atoms with van der Waals surface area (Å²) in [4.78, 5) is 25.7. The first-order valence-corrected chi connectivity index (χ1v) is 9.29. The van der Waals surface area contributed by atoms with E-state index in [0.29, 0.717) is 27.6 Å². The number of hydrogen-bond donors (Lipinski definition) is 3. The van der Waals surface area contributed by atoms with Crippen LogP contribution in [0.5, 0.6) is 0 Å². The lowest BCUT2D eigenvalue weighted by atomic mass is 9.87. The van der Waals surface area contributed by atoms with Gasteiger partial charge in [-0.1, -0.05) is 32.9 Å². The zero-order chi connectivity index (χ0) is 18.9. The van der Waals surface area contributed by atoms with E-state index in [1.807, 2.05) is 31.2 Å². The molecule has 0 aliphatic carbocycles. The molecule has 3 N–H and O–H groups in total. The highest BCUT2D eigenvalue weighted by Gasteiger charge is 2.18. The van der Waals surface area contributed by atoms with Gasteiger partial charge in [-0.05, 0) is 36.1 Å². The van der Waals surface area contributed by atoms with Crippen molar-refractivity contribution in [2.24, 2.45) is 0 Å². The van der Waals surface area contributed by atoms with Gasteiger partial charge in [0, 0.05) is 12.1 Å². The molecule has 1 aromatic carbocycles. The first-order chi connectivity index (χ1) is 12.3. The molecule has 2 amide bonds. The van der Waals surface area contributed by atoms with Gasteiger partial charge in [0.05, 0.1) is 10.3 Å². The predicted octanol–water partition coefficient (Wildman–Crippen LogP) is 3.92. The standard InChI is InChI=1S/C19H22N4O2S/c1-5-20-17(25)14-10-13-15(22-23-18(13)26-14)21-16(24)11-6-8-12(9-7-11)19(2,3)4/h6-10H,5H2,1-4H3,(H,20,25)(H2,21,22,23,24). The van der Waals surface area contributed by atoms with Gasteiger partial charge in [-0.25, -0.2) is 0 Å². The quantitative estimate of drug-likeness (QED) is 0.650. The molecule has 7 heteroatoms. The minimum absolute atomic E-state index is 0.0384. The Labute approximate surface area is 156 Å². The fraction of sp³-hybridized carbons (Fsp3) is 0.316. The number of nitrogens with zero attached hydrogens (tertiary/aromatic N) is 1. The number of benzene rings is 1. The number of nitrogens with one attached hydrogen (secondary N) is 3. The van der Waals surface area contributed by atoms with Crippen molar-refractivity contribution in [2.75, 3.05) is 11.9 Å². The van der Waals surface area contributed by atoms with Gasteiger partial charge in [0.2, 0.25) is 0 Å². The molecule has 0 aliphatic heterocycles. The van der Waals surface area contributed by atoms with Crippen molar-refractivity contribution < 1.29 is 9.59 Å². The number of amides is 2. The van der Waals surface area contributed by atoms with E-state index in [2.05, 4.69) is 41.6 Å². The maximum absolute atomic E-state index is 12.5. The molecule has 136 valence electrons. The Morgan fingerprint density at radius 2 is 1.85 bits per heavy atom. The Hall–Kier alpha value is -2.67. The van der Waals surface area contributed by atoms with Crippen LogP contribution in [0.15, 0.2) is 30.3 Å². The molecule has 0 aliphatic rings. The summed E-state index contributed by atoms with van der Waals surface area (Å²) in [5.41, 5.74) is 1.78. The number of thiophene rings is 1. The Balaban J connectivity index is 1.80.